The molecule has 250 valence electrons. The fraction of sp³-hybridized carbons (Fsp3) is 0.600. The molecule has 0 spiro atoms. The van der Waals surface area contributed by atoms with Gasteiger partial charge in [-0.2, -0.15) is 0 Å². The first kappa shape index (κ1) is 34.2. The highest BCUT2D eigenvalue weighted by Gasteiger charge is 2.48. The van der Waals surface area contributed by atoms with Gasteiger partial charge in [0, 0.05) is 5.54 Å². The number of ether oxygens (including phenoxy) is 4. The van der Waals surface area contributed by atoms with Crippen molar-refractivity contribution in [2.45, 2.75) is 44.1 Å². The molecule has 1 heterocycles. The van der Waals surface area contributed by atoms with E-state index >= 15 is 0 Å². The maximum absolute atomic E-state index is 12.0. The zero-order valence-electron chi connectivity index (χ0n) is 25.2. The average Bonchev–Trinajstić information content (AvgIpc) is 2.98. The SMILES string of the molecule is NC12CC3CC(CC(C3)C1)C2.O=P1(O)OCCOc2ccccc2OCCOP(=O)(O)OCCOc2ccccc2OCCO1. The molecule has 5 aliphatic rings. The van der Waals surface area contributed by atoms with Gasteiger partial charge in [0.25, 0.3) is 0 Å². The third-order valence-electron chi connectivity index (χ3n) is 8.17. The van der Waals surface area contributed by atoms with Gasteiger partial charge in [0.15, 0.2) is 23.0 Å². The van der Waals surface area contributed by atoms with Crippen molar-refractivity contribution in [3.8, 4) is 23.0 Å². The first-order valence-corrected chi connectivity index (χ1v) is 18.3. The maximum atomic E-state index is 12.0. The van der Waals surface area contributed by atoms with Gasteiger partial charge in [-0.15, -0.1) is 0 Å². The van der Waals surface area contributed by atoms with Crippen LogP contribution in [0.2, 0.25) is 0 Å². The number of phosphoric ester groups is 2. The van der Waals surface area contributed by atoms with E-state index in [9.17, 15) is 18.9 Å². The number of hydrogen-bond acceptors (Lipinski definition) is 11. The van der Waals surface area contributed by atoms with Crippen LogP contribution < -0.4 is 24.7 Å². The highest BCUT2D eigenvalue weighted by Crippen LogP contribution is 2.54. The summed E-state index contributed by atoms with van der Waals surface area (Å²) in [6, 6.07) is 13.3. The molecule has 13 nitrogen and oxygen atoms in total. The fourth-order valence-electron chi connectivity index (χ4n) is 6.85. The molecular formula is C30H43NO12P2. The molecule has 0 atom stereocenters. The van der Waals surface area contributed by atoms with Crippen molar-refractivity contribution < 1.29 is 56.0 Å². The van der Waals surface area contributed by atoms with Gasteiger partial charge in [-0.25, -0.2) is 9.13 Å². The Labute approximate surface area is 263 Å². The van der Waals surface area contributed by atoms with Crippen LogP contribution >= 0.6 is 15.6 Å². The summed E-state index contributed by atoms with van der Waals surface area (Å²) in [7, 11) is -8.62. The number of para-hydroxylation sites is 4. The van der Waals surface area contributed by atoms with Crippen LogP contribution in [-0.2, 0) is 27.2 Å². The van der Waals surface area contributed by atoms with Crippen molar-refractivity contribution in [3.05, 3.63) is 48.5 Å². The Morgan fingerprint density at radius 2 is 0.800 bits per heavy atom. The van der Waals surface area contributed by atoms with Gasteiger partial charge in [-0.3, -0.25) is 18.1 Å². The Bertz CT molecular complexity index is 1160. The number of rotatable bonds is 0. The number of hydrogen-bond donors (Lipinski definition) is 3. The van der Waals surface area contributed by atoms with Gasteiger partial charge in [-0.05, 0) is 80.5 Å². The Morgan fingerprint density at radius 3 is 1.04 bits per heavy atom. The van der Waals surface area contributed by atoms with Crippen LogP contribution in [0.15, 0.2) is 48.5 Å². The van der Waals surface area contributed by atoms with E-state index in [-0.39, 0.29) is 52.9 Å². The largest absolute Gasteiger partial charge is 0.487 e. The van der Waals surface area contributed by atoms with Crippen molar-refractivity contribution in [2.24, 2.45) is 23.5 Å². The lowest BCUT2D eigenvalue weighted by molar-refractivity contribution is 0.000361. The molecule has 0 radical (unpaired) electrons. The lowest BCUT2D eigenvalue weighted by Gasteiger charge is -2.55. The number of benzene rings is 2. The molecule has 4 fully saturated rings. The van der Waals surface area contributed by atoms with E-state index in [0.29, 0.717) is 28.5 Å². The summed E-state index contributed by atoms with van der Waals surface area (Å²) in [6.45, 7) is -1.17. The van der Waals surface area contributed by atoms with Gasteiger partial charge in [0.05, 0.1) is 26.4 Å². The molecule has 1 aliphatic heterocycles. The standard InChI is InChI=1S/C20H26O12P2.C10H17N/c21-33(22)29-13-9-25-17-5-1-2-6-18(17)26-10-14-30-34(23,24)32-16-12-28-20-8-4-3-7-19(20)27-11-15-31-33;11-10-4-7-1-8(5-10)3-9(2-7)6-10/h1-8H,9-16H2,(H,21,22)(H,23,24);7-9H,1-6,11H2. The van der Waals surface area contributed by atoms with Crippen molar-refractivity contribution in [1.29, 1.82) is 0 Å². The summed E-state index contributed by atoms with van der Waals surface area (Å²) in [4.78, 5) is 19.6. The molecule has 0 amide bonds. The minimum Gasteiger partial charge on any atom is -0.487 e. The van der Waals surface area contributed by atoms with E-state index in [0.717, 1.165) is 17.8 Å². The lowest BCUT2D eigenvalue weighted by Crippen LogP contribution is -2.55. The Balaban J connectivity index is 0.000000298. The molecule has 4 bridgehead atoms. The second kappa shape index (κ2) is 15.6. The van der Waals surface area contributed by atoms with E-state index < -0.39 is 15.6 Å². The number of fused-ring (bicyclic) bond motifs is 2. The third-order valence-corrected chi connectivity index (χ3v) is 10.2. The predicted octanol–water partition coefficient (Wildman–Crippen LogP) is 5.10. The second-order valence-corrected chi connectivity index (χ2v) is 14.7. The maximum Gasteiger partial charge on any atom is 0.472 e. The van der Waals surface area contributed by atoms with Gasteiger partial charge in [0.2, 0.25) is 0 Å². The highest BCUT2D eigenvalue weighted by atomic mass is 31.2. The molecule has 4 N–H and O–H groups in total. The summed E-state index contributed by atoms with van der Waals surface area (Å²) in [5, 5.41) is 0. The topological polar surface area (TPSA) is 174 Å². The molecule has 4 saturated carbocycles. The summed E-state index contributed by atoms with van der Waals surface area (Å²) in [5.74, 6) is 4.43. The molecule has 0 saturated heterocycles. The van der Waals surface area contributed by atoms with E-state index in [4.69, 9.17) is 42.8 Å². The van der Waals surface area contributed by atoms with E-state index in [1.807, 2.05) is 0 Å². The second-order valence-electron chi connectivity index (χ2n) is 11.8. The van der Waals surface area contributed by atoms with Gasteiger partial charge in [-0.1, -0.05) is 24.3 Å². The fourth-order valence-corrected chi connectivity index (χ4v) is 8.22. The lowest BCUT2D eigenvalue weighted by atomic mass is 9.53. The third kappa shape index (κ3) is 10.7. The molecule has 7 rings (SSSR count). The minimum atomic E-state index is -4.31. The quantitative estimate of drug-likeness (QED) is 0.316. The van der Waals surface area contributed by atoms with E-state index in [2.05, 4.69) is 0 Å². The van der Waals surface area contributed by atoms with Crippen LogP contribution in [0.5, 0.6) is 23.0 Å². The summed E-state index contributed by atoms with van der Waals surface area (Å²) >= 11 is 0. The average molecular weight is 672 g/mol. The van der Waals surface area contributed by atoms with Gasteiger partial charge >= 0.3 is 15.6 Å². The van der Waals surface area contributed by atoms with Crippen LogP contribution in [0.3, 0.4) is 0 Å². The van der Waals surface area contributed by atoms with Crippen LogP contribution in [0.1, 0.15) is 38.5 Å². The summed E-state index contributed by atoms with van der Waals surface area (Å²) < 4.78 is 65.8. The normalized spacial score (nSPS) is 34.3. The van der Waals surface area contributed by atoms with Crippen LogP contribution in [-0.4, -0.2) is 68.2 Å². The van der Waals surface area contributed by atoms with Gasteiger partial charge in [0.1, 0.15) is 26.4 Å². The molecular weight excluding hydrogens is 628 g/mol. The number of phosphoric acid groups is 2. The highest BCUT2D eigenvalue weighted by molar-refractivity contribution is 7.47. The minimum absolute atomic E-state index is 0.0638. The summed E-state index contributed by atoms with van der Waals surface area (Å²) in [5.41, 5.74) is 6.62. The summed E-state index contributed by atoms with van der Waals surface area (Å²) in [6.07, 6.45) is 8.57. The van der Waals surface area contributed by atoms with Crippen molar-refractivity contribution in [3.63, 3.8) is 0 Å². The van der Waals surface area contributed by atoms with Crippen LogP contribution in [0.4, 0.5) is 0 Å². The van der Waals surface area contributed by atoms with Gasteiger partial charge < -0.3 is 34.5 Å². The first-order chi connectivity index (χ1) is 21.6. The Hall–Kier alpha value is -2.18. The zero-order valence-corrected chi connectivity index (χ0v) is 27.0. The van der Waals surface area contributed by atoms with E-state index in [1.165, 1.54) is 38.5 Å². The Kier molecular flexibility index (Phi) is 11.8. The molecule has 0 unspecified atom stereocenters. The van der Waals surface area contributed by atoms with E-state index in [1.54, 1.807) is 48.5 Å². The molecule has 2 aromatic carbocycles. The zero-order chi connectivity index (χ0) is 31.8. The van der Waals surface area contributed by atoms with Crippen molar-refractivity contribution in [1.82, 2.24) is 0 Å². The predicted molar refractivity (Wildman–Crippen MR) is 163 cm³/mol. The molecule has 4 aliphatic carbocycles. The van der Waals surface area contributed by atoms with Crippen LogP contribution in [0, 0.1) is 17.8 Å². The molecule has 45 heavy (non-hydrogen) atoms. The monoisotopic (exact) mass is 671 g/mol. The first-order valence-electron chi connectivity index (χ1n) is 15.3. The van der Waals surface area contributed by atoms with Crippen molar-refractivity contribution >= 4 is 15.6 Å². The van der Waals surface area contributed by atoms with Crippen molar-refractivity contribution in [2.75, 3.05) is 52.9 Å². The van der Waals surface area contributed by atoms with Crippen LogP contribution in [0.25, 0.3) is 0 Å². The molecule has 2 aromatic rings. The smallest absolute Gasteiger partial charge is 0.472 e. The molecule has 15 heteroatoms. The Morgan fingerprint density at radius 1 is 0.533 bits per heavy atom. The molecule has 0 aromatic heterocycles. The number of nitrogens with two attached hydrogens (primary N) is 1.